The minimum absolute atomic E-state index is 0.0635. The maximum atomic E-state index is 13.1. The predicted molar refractivity (Wildman–Crippen MR) is 92.8 cm³/mol. The third-order valence-corrected chi connectivity index (χ3v) is 6.46. The number of aliphatic hydroxyl groups excluding tert-OH is 2. The van der Waals surface area contributed by atoms with Crippen LogP contribution in [0.25, 0.3) is 0 Å². The first-order valence-electron chi connectivity index (χ1n) is 9.00. The minimum atomic E-state index is -0.775. The van der Waals surface area contributed by atoms with Gasteiger partial charge in [0.25, 0.3) is 0 Å². The summed E-state index contributed by atoms with van der Waals surface area (Å²) in [6.45, 7) is 10.4. The first kappa shape index (κ1) is 18.4. The average Bonchev–Trinajstić information content (AvgIpc) is 2.51. The standard InChI is InChI=1S/C20H32O3/c1-6-8-17(22)20(5)15(12(3)7-2)10-9-14-18(20)13(4)11-16(21)19(14)23/h6,8-10,12-16,18-19,21,23H,7,11H2,1-5H3/b8-6+/t12-,13-,14-,15-,16-,18+,19+,20-/m1/s1. The third-order valence-electron chi connectivity index (χ3n) is 6.46. The zero-order valence-corrected chi connectivity index (χ0v) is 15.1. The molecule has 2 N–H and O–H groups in total. The number of fused-ring (bicyclic) bond motifs is 1. The van der Waals surface area contributed by atoms with Crippen LogP contribution in [0.1, 0.15) is 47.5 Å². The van der Waals surface area contributed by atoms with Crippen LogP contribution >= 0.6 is 0 Å². The summed E-state index contributed by atoms with van der Waals surface area (Å²) in [5.74, 6) is 0.848. The van der Waals surface area contributed by atoms with Gasteiger partial charge in [-0.3, -0.25) is 4.79 Å². The fourth-order valence-corrected chi connectivity index (χ4v) is 5.10. The summed E-state index contributed by atoms with van der Waals surface area (Å²) < 4.78 is 0. The predicted octanol–water partition coefficient (Wildman–Crippen LogP) is 3.36. The molecule has 0 amide bonds. The van der Waals surface area contributed by atoms with E-state index >= 15 is 0 Å². The number of hydrogen-bond acceptors (Lipinski definition) is 3. The van der Waals surface area contributed by atoms with Gasteiger partial charge in [-0.2, -0.15) is 0 Å². The molecule has 0 heterocycles. The minimum Gasteiger partial charge on any atom is -0.390 e. The van der Waals surface area contributed by atoms with E-state index < -0.39 is 17.6 Å². The van der Waals surface area contributed by atoms with Crippen molar-refractivity contribution in [1.82, 2.24) is 0 Å². The first-order valence-corrected chi connectivity index (χ1v) is 9.00. The number of carbonyl (C=O) groups is 1. The van der Waals surface area contributed by atoms with Gasteiger partial charge in [0, 0.05) is 11.3 Å². The van der Waals surface area contributed by atoms with Gasteiger partial charge in [-0.1, -0.05) is 52.3 Å². The monoisotopic (exact) mass is 320 g/mol. The Kier molecular flexibility index (Phi) is 5.52. The van der Waals surface area contributed by atoms with Crippen LogP contribution in [0.15, 0.2) is 24.3 Å². The van der Waals surface area contributed by atoms with Crippen LogP contribution in [0.4, 0.5) is 0 Å². The summed E-state index contributed by atoms with van der Waals surface area (Å²) in [5.41, 5.74) is -0.526. The summed E-state index contributed by atoms with van der Waals surface area (Å²) in [4.78, 5) is 13.1. The summed E-state index contributed by atoms with van der Waals surface area (Å²) in [6, 6.07) is 0. The van der Waals surface area contributed by atoms with E-state index in [-0.39, 0.29) is 29.5 Å². The van der Waals surface area contributed by atoms with E-state index in [1.165, 1.54) is 0 Å². The Hall–Kier alpha value is -0.930. The topological polar surface area (TPSA) is 57.5 Å². The molecule has 0 bridgehead atoms. The molecule has 1 fully saturated rings. The molecule has 130 valence electrons. The average molecular weight is 320 g/mol. The molecule has 0 aromatic heterocycles. The van der Waals surface area contributed by atoms with E-state index in [2.05, 4.69) is 39.8 Å². The molecule has 2 aliphatic rings. The Morgan fingerprint density at radius 3 is 2.61 bits per heavy atom. The van der Waals surface area contributed by atoms with Crippen molar-refractivity contribution in [2.45, 2.75) is 59.7 Å². The molecule has 2 aliphatic carbocycles. The van der Waals surface area contributed by atoms with Gasteiger partial charge in [-0.15, -0.1) is 0 Å². The Morgan fingerprint density at radius 1 is 1.39 bits per heavy atom. The fraction of sp³-hybridized carbons (Fsp3) is 0.750. The number of allylic oxidation sites excluding steroid dienone is 3. The molecule has 0 spiro atoms. The van der Waals surface area contributed by atoms with Crippen LogP contribution in [-0.4, -0.2) is 28.2 Å². The van der Waals surface area contributed by atoms with Gasteiger partial charge in [0.15, 0.2) is 5.78 Å². The molecule has 2 rings (SSSR count). The molecule has 23 heavy (non-hydrogen) atoms. The van der Waals surface area contributed by atoms with Crippen LogP contribution in [0.5, 0.6) is 0 Å². The normalized spacial score (nSPS) is 45.0. The highest BCUT2D eigenvalue weighted by molar-refractivity contribution is 5.95. The zero-order valence-electron chi connectivity index (χ0n) is 15.1. The molecule has 8 atom stereocenters. The van der Waals surface area contributed by atoms with Crippen molar-refractivity contribution in [3.63, 3.8) is 0 Å². The van der Waals surface area contributed by atoms with Gasteiger partial charge in [0.05, 0.1) is 12.2 Å². The Morgan fingerprint density at radius 2 is 2.04 bits per heavy atom. The molecular weight excluding hydrogens is 288 g/mol. The third kappa shape index (κ3) is 2.94. The van der Waals surface area contributed by atoms with Crippen LogP contribution in [0, 0.1) is 35.0 Å². The highest BCUT2D eigenvalue weighted by Gasteiger charge is 2.56. The smallest absolute Gasteiger partial charge is 0.162 e. The maximum Gasteiger partial charge on any atom is 0.162 e. The first-order chi connectivity index (χ1) is 10.8. The maximum absolute atomic E-state index is 13.1. The van der Waals surface area contributed by atoms with E-state index in [4.69, 9.17) is 0 Å². The number of aliphatic hydroxyl groups is 2. The van der Waals surface area contributed by atoms with Crippen LogP contribution < -0.4 is 0 Å². The molecule has 3 nitrogen and oxygen atoms in total. The number of rotatable bonds is 4. The van der Waals surface area contributed by atoms with E-state index in [0.29, 0.717) is 12.3 Å². The van der Waals surface area contributed by atoms with Crippen LogP contribution in [0.2, 0.25) is 0 Å². The van der Waals surface area contributed by atoms with Gasteiger partial charge in [0.1, 0.15) is 0 Å². The Bertz CT molecular complexity index is 495. The molecule has 0 saturated heterocycles. The second kappa shape index (κ2) is 6.90. The molecule has 0 radical (unpaired) electrons. The highest BCUT2D eigenvalue weighted by Crippen LogP contribution is 2.55. The van der Waals surface area contributed by atoms with Crippen LogP contribution in [0.3, 0.4) is 0 Å². The lowest BCUT2D eigenvalue weighted by Crippen LogP contribution is -2.57. The summed E-state index contributed by atoms with van der Waals surface area (Å²) in [7, 11) is 0. The van der Waals surface area contributed by atoms with Gasteiger partial charge in [-0.25, -0.2) is 0 Å². The number of carbonyl (C=O) groups excluding carboxylic acids is 1. The summed E-state index contributed by atoms with van der Waals surface area (Å²) in [6.07, 6.45) is 7.80. The van der Waals surface area contributed by atoms with Crippen molar-refractivity contribution < 1.29 is 15.0 Å². The van der Waals surface area contributed by atoms with Gasteiger partial charge in [0.2, 0.25) is 0 Å². The Labute approximate surface area is 140 Å². The molecule has 0 aromatic rings. The van der Waals surface area contributed by atoms with Crippen molar-refractivity contribution in [3.8, 4) is 0 Å². The lowest BCUT2D eigenvalue weighted by Gasteiger charge is -2.55. The second-order valence-corrected chi connectivity index (χ2v) is 7.82. The quantitative estimate of drug-likeness (QED) is 0.617. The van der Waals surface area contributed by atoms with Gasteiger partial charge >= 0.3 is 0 Å². The Balaban J connectivity index is 2.55. The lowest BCUT2D eigenvalue weighted by atomic mass is 9.49. The van der Waals surface area contributed by atoms with E-state index in [1.54, 1.807) is 6.08 Å². The number of hydrogen-bond donors (Lipinski definition) is 2. The van der Waals surface area contributed by atoms with Crippen molar-refractivity contribution in [2.75, 3.05) is 0 Å². The SMILES string of the molecule is C/C=C/C(=O)[C@]1(C)[C@@H]2[C@@H](C=C[C@@H]1[C@H](C)CC)[C@H](O)[C@H](O)C[C@H]2C. The van der Waals surface area contributed by atoms with Gasteiger partial charge < -0.3 is 10.2 Å². The molecule has 3 heteroatoms. The molecule has 0 aliphatic heterocycles. The molecule has 1 saturated carbocycles. The van der Waals surface area contributed by atoms with Crippen molar-refractivity contribution in [3.05, 3.63) is 24.3 Å². The van der Waals surface area contributed by atoms with Crippen LogP contribution in [-0.2, 0) is 4.79 Å². The van der Waals surface area contributed by atoms with Crippen molar-refractivity contribution in [1.29, 1.82) is 0 Å². The number of ketones is 1. The molecular formula is C20H32O3. The summed E-state index contributed by atoms with van der Waals surface area (Å²) >= 11 is 0. The van der Waals surface area contributed by atoms with Crippen molar-refractivity contribution in [2.24, 2.45) is 35.0 Å². The molecule has 0 aromatic carbocycles. The van der Waals surface area contributed by atoms with E-state index in [9.17, 15) is 15.0 Å². The van der Waals surface area contributed by atoms with E-state index in [1.807, 2.05) is 13.0 Å². The highest BCUT2D eigenvalue weighted by atomic mass is 16.3. The molecule has 0 unspecified atom stereocenters. The summed E-state index contributed by atoms with van der Waals surface area (Å²) in [5, 5.41) is 20.6. The largest absolute Gasteiger partial charge is 0.390 e. The zero-order chi connectivity index (χ0) is 17.4. The van der Waals surface area contributed by atoms with Crippen molar-refractivity contribution >= 4 is 5.78 Å². The fourth-order valence-electron chi connectivity index (χ4n) is 5.10. The van der Waals surface area contributed by atoms with E-state index in [0.717, 1.165) is 6.42 Å². The second-order valence-electron chi connectivity index (χ2n) is 7.82. The lowest BCUT2D eigenvalue weighted by molar-refractivity contribution is -0.149. The van der Waals surface area contributed by atoms with Gasteiger partial charge in [-0.05, 0) is 43.1 Å².